The first-order valence-electron chi connectivity index (χ1n) is 9.41. The van der Waals surface area contributed by atoms with E-state index >= 15 is 0 Å². The summed E-state index contributed by atoms with van der Waals surface area (Å²) in [6, 6.07) is 12.2. The lowest BCUT2D eigenvalue weighted by molar-refractivity contribution is -0.131. The SMILES string of the molecule is CC(c1ccc(S(C)(=O)=O)cc1)N(C)C(=O)CCc1ncc(-c2ccc(F)cc2)o1. The fourth-order valence-corrected chi connectivity index (χ4v) is 3.63. The second-order valence-corrected chi connectivity index (χ2v) is 9.16. The highest BCUT2D eigenvalue weighted by Crippen LogP contribution is 2.23. The molecule has 0 bridgehead atoms. The smallest absolute Gasteiger partial charge is 0.223 e. The number of carbonyl (C=O) groups excluding carboxylic acids is 1. The molecular formula is C22H23FN2O4S. The molecule has 0 radical (unpaired) electrons. The normalized spacial score (nSPS) is 12.5. The summed E-state index contributed by atoms with van der Waals surface area (Å²) in [6.45, 7) is 1.88. The maximum absolute atomic E-state index is 13.0. The third-order valence-electron chi connectivity index (χ3n) is 5.00. The molecule has 3 aromatic rings. The Hall–Kier alpha value is -3.00. The van der Waals surface area contributed by atoms with Gasteiger partial charge in [-0.2, -0.15) is 0 Å². The van der Waals surface area contributed by atoms with Gasteiger partial charge in [0.05, 0.1) is 17.1 Å². The van der Waals surface area contributed by atoms with Gasteiger partial charge in [-0.25, -0.2) is 17.8 Å². The minimum absolute atomic E-state index is 0.0868. The molecule has 3 rings (SSSR count). The standard InChI is InChI=1S/C22H23FN2O4S/c1-15(16-6-10-19(11-7-16)30(3,27)28)25(2)22(26)13-12-21-24-14-20(29-21)17-4-8-18(23)9-5-17/h4-11,14-15H,12-13H2,1-3H3. The molecular weight excluding hydrogens is 407 g/mol. The number of oxazole rings is 1. The molecule has 0 aliphatic rings. The predicted octanol–water partition coefficient (Wildman–Crippen LogP) is 4.04. The van der Waals surface area contributed by atoms with Gasteiger partial charge in [-0.15, -0.1) is 0 Å². The van der Waals surface area contributed by atoms with Crippen LogP contribution in [0.4, 0.5) is 4.39 Å². The fourth-order valence-electron chi connectivity index (χ4n) is 3.00. The second kappa shape index (κ2) is 8.79. The molecule has 1 amide bonds. The van der Waals surface area contributed by atoms with Crippen LogP contribution < -0.4 is 0 Å². The highest BCUT2D eigenvalue weighted by molar-refractivity contribution is 7.90. The number of nitrogens with zero attached hydrogens (tertiary/aromatic N) is 2. The van der Waals surface area contributed by atoms with Gasteiger partial charge in [0.1, 0.15) is 5.82 Å². The van der Waals surface area contributed by atoms with Crippen molar-refractivity contribution in [3.63, 3.8) is 0 Å². The summed E-state index contributed by atoms with van der Waals surface area (Å²) in [4.78, 5) is 18.6. The Morgan fingerprint density at radius 3 is 2.37 bits per heavy atom. The average Bonchev–Trinajstić information content (AvgIpc) is 3.20. The molecule has 0 aliphatic heterocycles. The Balaban J connectivity index is 1.60. The zero-order valence-electron chi connectivity index (χ0n) is 17.0. The van der Waals surface area contributed by atoms with Gasteiger partial charge in [-0.3, -0.25) is 4.79 Å². The van der Waals surface area contributed by atoms with E-state index in [1.165, 1.54) is 12.1 Å². The highest BCUT2D eigenvalue weighted by Gasteiger charge is 2.19. The molecule has 1 heterocycles. The van der Waals surface area contributed by atoms with Crippen molar-refractivity contribution in [3.8, 4) is 11.3 Å². The lowest BCUT2D eigenvalue weighted by Crippen LogP contribution is -2.29. The summed E-state index contributed by atoms with van der Waals surface area (Å²) in [5, 5.41) is 0. The zero-order chi connectivity index (χ0) is 21.9. The van der Waals surface area contributed by atoms with Gasteiger partial charge < -0.3 is 9.32 Å². The molecule has 8 heteroatoms. The number of benzene rings is 2. The van der Waals surface area contributed by atoms with E-state index in [0.717, 1.165) is 11.8 Å². The molecule has 30 heavy (non-hydrogen) atoms. The van der Waals surface area contributed by atoms with Crippen LogP contribution in [0.15, 0.2) is 64.0 Å². The van der Waals surface area contributed by atoms with E-state index in [2.05, 4.69) is 4.98 Å². The van der Waals surface area contributed by atoms with Gasteiger partial charge in [0.2, 0.25) is 5.91 Å². The molecule has 2 aromatic carbocycles. The Morgan fingerprint density at radius 2 is 1.77 bits per heavy atom. The van der Waals surface area contributed by atoms with Gasteiger partial charge in [-0.1, -0.05) is 12.1 Å². The molecule has 0 fully saturated rings. The molecule has 0 saturated heterocycles. The summed E-state index contributed by atoms with van der Waals surface area (Å²) in [7, 11) is -1.55. The largest absolute Gasteiger partial charge is 0.441 e. The summed E-state index contributed by atoms with van der Waals surface area (Å²) in [6.07, 6.45) is 3.27. The van der Waals surface area contributed by atoms with E-state index in [1.807, 2.05) is 6.92 Å². The molecule has 0 saturated carbocycles. The summed E-state index contributed by atoms with van der Waals surface area (Å²) < 4.78 is 41.9. The Bertz CT molecular complexity index is 1120. The van der Waals surface area contributed by atoms with Gasteiger partial charge in [-0.05, 0) is 48.9 Å². The summed E-state index contributed by atoms with van der Waals surface area (Å²) >= 11 is 0. The highest BCUT2D eigenvalue weighted by atomic mass is 32.2. The van der Waals surface area contributed by atoms with E-state index in [4.69, 9.17) is 4.42 Å². The van der Waals surface area contributed by atoms with Crippen molar-refractivity contribution in [3.05, 3.63) is 72.0 Å². The fraction of sp³-hybridized carbons (Fsp3) is 0.273. The van der Waals surface area contributed by atoms with E-state index < -0.39 is 9.84 Å². The van der Waals surface area contributed by atoms with Crippen LogP contribution in [0.3, 0.4) is 0 Å². The van der Waals surface area contributed by atoms with Crippen molar-refractivity contribution in [2.45, 2.75) is 30.7 Å². The first kappa shape index (κ1) is 21.7. The number of rotatable bonds is 7. The number of amides is 1. The maximum atomic E-state index is 13.0. The number of hydrogen-bond donors (Lipinski definition) is 0. The topological polar surface area (TPSA) is 80.5 Å². The number of aryl methyl sites for hydroxylation is 1. The van der Waals surface area contributed by atoms with Crippen molar-refractivity contribution >= 4 is 15.7 Å². The Labute approximate surface area is 175 Å². The first-order valence-corrected chi connectivity index (χ1v) is 11.3. The van der Waals surface area contributed by atoms with Crippen molar-refractivity contribution in [1.29, 1.82) is 0 Å². The first-order chi connectivity index (χ1) is 14.1. The van der Waals surface area contributed by atoms with Gasteiger partial charge >= 0.3 is 0 Å². The minimum Gasteiger partial charge on any atom is -0.441 e. The van der Waals surface area contributed by atoms with E-state index in [9.17, 15) is 17.6 Å². The molecule has 1 atom stereocenters. The molecule has 6 nitrogen and oxygen atoms in total. The summed E-state index contributed by atoms with van der Waals surface area (Å²) in [5.74, 6) is 0.537. The Morgan fingerprint density at radius 1 is 1.13 bits per heavy atom. The van der Waals surface area contributed by atoms with Crippen LogP contribution in [0, 0.1) is 5.82 Å². The number of aromatic nitrogens is 1. The van der Waals surface area contributed by atoms with Crippen molar-refractivity contribution in [1.82, 2.24) is 9.88 Å². The van der Waals surface area contributed by atoms with Crippen LogP contribution in [0.5, 0.6) is 0 Å². The lowest BCUT2D eigenvalue weighted by atomic mass is 10.1. The van der Waals surface area contributed by atoms with Crippen LogP contribution in [0.2, 0.25) is 0 Å². The molecule has 0 N–H and O–H groups in total. The molecule has 158 valence electrons. The average molecular weight is 431 g/mol. The van der Waals surface area contributed by atoms with E-state index in [0.29, 0.717) is 23.6 Å². The molecule has 1 aromatic heterocycles. The van der Waals surface area contributed by atoms with Gasteiger partial charge in [0.25, 0.3) is 0 Å². The van der Waals surface area contributed by atoms with Crippen molar-refractivity contribution in [2.24, 2.45) is 0 Å². The van der Waals surface area contributed by atoms with Gasteiger partial charge in [0, 0.05) is 31.7 Å². The molecule has 0 spiro atoms. The lowest BCUT2D eigenvalue weighted by Gasteiger charge is -2.25. The van der Waals surface area contributed by atoms with Crippen molar-refractivity contribution < 1.29 is 22.0 Å². The number of sulfone groups is 1. The number of carbonyl (C=O) groups is 1. The van der Waals surface area contributed by atoms with Crippen LogP contribution in [0.1, 0.15) is 30.8 Å². The third-order valence-corrected chi connectivity index (χ3v) is 6.13. The van der Waals surface area contributed by atoms with Crippen LogP contribution in [-0.4, -0.2) is 37.5 Å². The van der Waals surface area contributed by atoms with Crippen molar-refractivity contribution in [2.75, 3.05) is 13.3 Å². The summed E-state index contributed by atoms with van der Waals surface area (Å²) in [5.41, 5.74) is 1.55. The monoisotopic (exact) mass is 430 g/mol. The van der Waals surface area contributed by atoms with Gasteiger partial charge in [0.15, 0.2) is 21.5 Å². The molecule has 1 unspecified atom stereocenters. The number of halogens is 1. The second-order valence-electron chi connectivity index (χ2n) is 7.15. The van der Waals surface area contributed by atoms with Crippen LogP contribution in [-0.2, 0) is 21.1 Å². The predicted molar refractivity (Wildman–Crippen MR) is 111 cm³/mol. The third kappa shape index (κ3) is 5.13. The molecule has 0 aliphatic carbocycles. The quantitative estimate of drug-likeness (QED) is 0.565. The Kier molecular flexibility index (Phi) is 6.36. The van der Waals surface area contributed by atoms with Crippen LogP contribution in [0.25, 0.3) is 11.3 Å². The number of hydrogen-bond acceptors (Lipinski definition) is 5. The zero-order valence-corrected chi connectivity index (χ0v) is 17.8. The minimum atomic E-state index is -3.26. The van der Waals surface area contributed by atoms with E-state index in [-0.39, 0.29) is 29.1 Å². The van der Waals surface area contributed by atoms with E-state index in [1.54, 1.807) is 54.5 Å². The van der Waals surface area contributed by atoms with Crippen LogP contribution >= 0.6 is 0 Å². The maximum Gasteiger partial charge on any atom is 0.223 e.